The molecule has 3 rings (SSSR count). The highest BCUT2D eigenvalue weighted by Gasteiger charge is 2.24. The van der Waals surface area contributed by atoms with Crippen molar-refractivity contribution in [3.63, 3.8) is 0 Å². The summed E-state index contributed by atoms with van der Waals surface area (Å²) in [5, 5.41) is 2.99. The first-order valence-electron chi connectivity index (χ1n) is 8.51. The van der Waals surface area contributed by atoms with E-state index in [0.717, 1.165) is 31.6 Å². The molecule has 0 radical (unpaired) electrons. The van der Waals surface area contributed by atoms with Gasteiger partial charge in [0.2, 0.25) is 0 Å². The Labute approximate surface area is 137 Å². The summed E-state index contributed by atoms with van der Waals surface area (Å²) >= 11 is 0. The lowest BCUT2D eigenvalue weighted by Crippen LogP contribution is -2.32. The number of hydrogen-bond donors (Lipinski definition) is 1. The van der Waals surface area contributed by atoms with E-state index in [0.29, 0.717) is 11.6 Å². The summed E-state index contributed by atoms with van der Waals surface area (Å²) in [6, 6.07) is 8.77. The average molecular weight is 311 g/mol. The lowest BCUT2D eigenvalue weighted by molar-refractivity contribution is 0.0934. The van der Waals surface area contributed by atoms with Gasteiger partial charge in [0, 0.05) is 31.1 Å². The van der Waals surface area contributed by atoms with Crippen molar-refractivity contribution in [2.75, 3.05) is 0 Å². The number of carbonyl (C=O) groups excluding carboxylic acids is 1. The van der Waals surface area contributed by atoms with Crippen LogP contribution in [0.2, 0.25) is 0 Å². The molecule has 4 nitrogen and oxygen atoms in total. The van der Waals surface area contributed by atoms with E-state index in [1.165, 1.54) is 11.1 Å². The molecule has 0 unspecified atom stereocenters. The predicted octanol–water partition coefficient (Wildman–Crippen LogP) is 3.45. The van der Waals surface area contributed by atoms with Gasteiger partial charge in [-0.05, 0) is 37.8 Å². The number of fused-ring (bicyclic) bond motifs is 1. The summed E-state index contributed by atoms with van der Waals surface area (Å²) < 4.78 is 2.16. The number of carbonyl (C=O) groups is 1. The van der Waals surface area contributed by atoms with Crippen molar-refractivity contribution in [3.8, 4) is 0 Å². The molecule has 0 fully saturated rings. The minimum atomic E-state index is -0.0614. The Morgan fingerprint density at radius 2 is 2.22 bits per heavy atom. The second-order valence-corrected chi connectivity index (χ2v) is 6.57. The van der Waals surface area contributed by atoms with E-state index < -0.39 is 0 Å². The van der Waals surface area contributed by atoms with Crippen LogP contribution in [-0.2, 0) is 13.0 Å². The molecule has 23 heavy (non-hydrogen) atoms. The first-order chi connectivity index (χ1) is 11.1. The average Bonchev–Trinajstić information content (AvgIpc) is 2.98. The molecule has 1 aliphatic rings. The Kier molecular flexibility index (Phi) is 4.51. The maximum atomic E-state index is 12.3. The van der Waals surface area contributed by atoms with Crippen molar-refractivity contribution >= 4 is 5.91 Å². The van der Waals surface area contributed by atoms with Crippen LogP contribution in [0.25, 0.3) is 0 Å². The molecule has 2 atom stereocenters. The Hall–Kier alpha value is -2.10. The zero-order valence-electron chi connectivity index (χ0n) is 14.2. The third-order valence-electron chi connectivity index (χ3n) is 4.84. The highest BCUT2D eigenvalue weighted by atomic mass is 16.2. The summed E-state index contributed by atoms with van der Waals surface area (Å²) in [5.74, 6) is 1.47. The molecular formula is C19H25N3O. The minimum absolute atomic E-state index is 0.0614. The van der Waals surface area contributed by atoms with Gasteiger partial charge in [0.1, 0.15) is 11.5 Å². The Bertz CT molecular complexity index is 704. The second kappa shape index (κ2) is 6.57. The number of benzene rings is 1. The van der Waals surface area contributed by atoms with Gasteiger partial charge >= 0.3 is 0 Å². The SMILES string of the molecule is CC[C@@H](C)NC(=O)c1cn2c(n1)CC[C@H](c1ccccc1C)C2. The molecule has 1 aromatic heterocycles. The zero-order chi connectivity index (χ0) is 16.4. The van der Waals surface area contributed by atoms with Crippen molar-refractivity contribution in [2.24, 2.45) is 0 Å². The smallest absolute Gasteiger partial charge is 0.271 e. The first kappa shape index (κ1) is 15.8. The summed E-state index contributed by atoms with van der Waals surface area (Å²) in [5.41, 5.74) is 3.30. The first-order valence-corrected chi connectivity index (χ1v) is 8.51. The van der Waals surface area contributed by atoms with Crippen LogP contribution in [0.1, 0.15) is 60.0 Å². The Morgan fingerprint density at radius 3 is 2.96 bits per heavy atom. The van der Waals surface area contributed by atoms with Crippen LogP contribution >= 0.6 is 0 Å². The number of rotatable bonds is 4. The number of nitrogens with one attached hydrogen (secondary N) is 1. The van der Waals surface area contributed by atoms with Gasteiger partial charge in [-0.25, -0.2) is 4.98 Å². The van der Waals surface area contributed by atoms with Gasteiger partial charge in [-0.2, -0.15) is 0 Å². The molecule has 4 heteroatoms. The van der Waals surface area contributed by atoms with Gasteiger partial charge in [-0.1, -0.05) is 31.2 Å². The van der Waals surface area contributed by atoms with E-state index in [1.807, 2.05) is 13.1 Å². The van der Waals surface area contributed by atoms with E-state index in [-0.39, 0.29) is 11.9 Å². The van der Waals surface area contributed by atoms with Gasteiger partial charge in [-0.15, -0.1) is 0 Å². The highest BCUT2D eigenvalue weighted by molar-refractivity contribution is 5.92. The number of aromatic nitrogens is 2. The molecule has 2 aromatic rings. The van der Waals surface area contributed by atoms with Crippen LogP contribution in [0.15, 0.2) is 30.5 Å². The van der Waals surface area contributed by atoms with Crippen LogP contribution in [0, 0.1) is 6.92 Å². The lowest BCUT2D eigenvalue weighted by Gasteiger charge is -2.25. The number of imidazole rings is 1. The molecule has 1 amide bonds. The second-order valence-electron chi connectivity index (χ2n) is 6.57. The molecule has 1 aliphatic heterocycles. The lowest BCUT2D eigenvalue weighted by atomic mass is 9.89. The van der Waals surface area contributed by atoms with Crippen LogP contribution in [0.3, 0.4) is 0 Å². The fraction of sp³-hybridized carbons (Fsp3) is 0.474. The standard InChI is InChI=1S/C19H25N3O/c1-4-14(3)20-19(23)17-12-22-11-15(9-10-18(22)21-17)16-8-6-5-7-13(16)2/h5-8,12,14-15H,4,9-11H2,1-3H3,(H,20,23)/t14-,15+/m1/s1. The fourth-order valence-corrected chi connectivity index (χ4v) is 3.25. The molecule has 0 aliphatic carbocycles. The molecule has 1 aromatic carbocycles. The van der Waals surface area contributed by atoms with Crippen molar-refractivity contribution in [2.45, 2.75) is 58.5 Å². The van der Waals surface area contributed by atoms with Crippen molar-refractivity contribution < 1.29 is 4.79 Å². The van der Waals surface area contributed by atoms with Gasteiger partial charge in [-0.3, -0.25) is 4.79 Å². The molecule has 0 saturated heterocycles. The third-order valence-corrected chi connectivity index (χ3v) is 4.84. The summed E-state index contributed by atoms with van der Waals surface area (Å²) in [6.07, 6.45) is 4.86. The molecule has 0 spiro atoms. The maximum absolute atomic E-state index is 12.3. The number of aryl methyl sites for hydroxylation is 2. The molecular weight excluding hydrogens is 286 g/mol. The molecule has 122 valence electrons. The van der Waals surface area contributed by atoms with Gasteiger partial charge in [0.25, 0.3) is 5.91 Å². The molecule has 0 saturated carbocycles. The predicted molar refractivity (Wildman–Crippen MR) is 91.7 cm³/mol. The van der Waals surface area contributed by atoms with E-state index in [1.54, 1.807) is 0 Å². The van der Waals surface area contributed by atoms with Crippen molar-refractivity contribution in [3.05, 3.63) is 53.1 Å². The van der Waals surface area contributed by atoms with Crippen LogP contribution in [0.5, 0.6) is 0 Å². The van der Waals surface area contributed by atoms with Gasteiger partial charge < -0.3 is 9.88 Å². The topological polar surface area (TPSA) is 46.9 Å². The summed E-state index contributed by atoms with van der Waals surface area (Å²) in [4.78, 5) is 16.8. The molecule has 0 bridgehead atoms. The van der Waals surface area contributed by atoms with E-state index in [2.05, 4.69) is 53.0 Å². The highest BCUT2D eigenvalue weighted by Crippen LogP contribution is 2.30. The summed E-state index contributed by atoms with van der Waals surface area (Å²) in [6.45, 7) is 7.16. The minimum Gasteiger partial charge on any atom is -0.348 e. The van der Waals surface area contributed by atoms with Gasteiger partial charge in [0.05, 0.1) is 0 Å². The van der Waals surface area contributed by atoms with E-state index in [9.17, 15) is 4.79 Å². The van der Waals surface area contributed by atoms with Crippen molar-refractivity contribution in [1.29, 1.82) is 0 Å². The van der Waals surface area contributed by atoms with Gasteiger partial charge in [0.15, 0.2) is 0 Å². The largest absolute Gasteiger partial charge is 0.348 e. The Balaban J connectivity index is 1.77. The number of amides is 1. The maximum Gasteiger partial charge on any atom is 0.271 e. The zero-order valence-corrected chi connectivity index (χ0v) is 14.2. The van der Waals surface area contributed by atoms with Crippen molar-refractivity contribution in [1.82, 2.24) is 14.9 Å². The van der Waals surface area contributed by atoms with E-state index >= 15 is 0 Å². The third kappa shape index (κ3) is 3.31. The fourth-order valence-electron chi connectivity index (χ4n) is 3.25. The number of nitrogens with zero attached hydrogens (tertiary/aromatic N) is 2. The normalized spacial score (nSPS) is 18.3. The quantitative estimate of drug-likeness (QED) is 0.940. The molecule has 1 N–H and O–H groups in total. The molecule has 2 heterocycles. The van der Waals surface area contributed by atoms with E-state index in [4.69, 9.17) is 0 Å². The Morgan fingerprint density at radius 1 is 1.43 bits per heavy atom. The summed E-state index contributed by atoms with van der Waals surface area (Å²) in [7, 11) is 0. The van der Waals surface area contributed by atoms with Crippen LogP contribution < -0.4 is 5.32 Å². The monoisotopic (exact) mass is 311 g/mol. The van der Waals surface area contributed by atoms with Crippen LogP contribution in [-0.4, -0.2) is 21.5 Å². The van der Waals surface area contributed by atoms with Crippen LogP contribution in [0.4, 0.5) is 0 Å². The number of hydrogen-bond acceptors (Lipinski definition) is 2.